The lowest BCUT2D eigenvalue weighted by Gasteiger charge is -2.41. The van der Waals surface area contributed by atoms with Crippen LogP contribution in [0.4, 0.5) is 0 Å². The van der Waals surface area contributed by atoms with Gasteiger partial charge in [0.15, 0.2) is 5.76 Å². The van der Waals surface area contributed by atoms with Gasteiger partial charge in [0.05, 0.1) is 17.4 Å². The van der Waals surface area contributed by atoms with E-state index in [0.29, 0.717) is 11.1 Å². The average Bonchev–Trinajstić information content (AvgIpc) is 2.79. The molecular weight excluding hydrogens is 414 g/mol. The molecule has 4 rings (SSSR count). The first-order chi connectivity index (χ1) is 14.8. The van der Waals surface area contributed by atoms with E-state index in [4.69, 9.17) is 4.74 Å². The second-order valence-corrected chi connectivity index (χ2v) is 9.39. The summed E-state index contributed by atoms with van der Waals surface area (Å²) in [6, 6.07) is 16.8. The van der Waals surface area contributed by atoms with E-state index < -0.39 is 21.2 Å². The molecule has 1 aliphatic heterocycles. The maximum absolute atomic E-state index is 13.7. The number of likely N-dealkylation sites (N-methyl/N-ethyl adjacent to an activating group) is 1. The molecule has 31 heavy (non-hydrogen) atoms. The normalized spacial score (nSPS) is 21.5. The Morgan fingerprint density at radius 2 is 1.58 bits per heavy atom. The van der Waals surface area contributed by atoms with E-state index in [9.17, 15) is 18.0 Å². The maximum atomic E-state index is 13.7. The van der Waals surface area contributed by atoms with Gasteiger partial charge in [-0.05, 0) is 35.4 Å². The molecule has 0 saturated heterocycles. The molecule has 0 N–H and O–H groups in total. The summed E-state index contributed by atoms with van der Waals surface area (Å²) >= 11 is 0. The highest BCUT2D eigenvalue weighted by molar-refractivity contribution is 7.96. The lowest BCUT2D eigenvalue weighted by Crippen LogP contribution is -2.46. The van der Waals surface area contributed by atoms with E-state index in [1.54, 1.807) is 61.7 Å². The highest BCUT2D eigenvalue weighted by Gasteiger charge is 2.48. The lowest BCUT2D eigenvalue weighted by atomic mass is 9.71. The Hall–Kier alpha value is -3.45. The van der Waals surface area contributed by atoms with Crippen LogP contribution >= 0.6 is 0 Å². The number of benzene rings is 2. The zero-order chi connectivity index (χ0) is 22.2. The minimum atomic E-state index is -4.16. The summed E-state index contributed by atoms with van der Waals surface area (Å²) in [5, 5.41) is 0. The average molecular weight is 436 g/mol. The summed E-state index contributed by atoms with van der Waals surface area (Å²) in [6.45, 7) is 0.167. The fourth-order valence-electron chi connectivity index (χ4n) is 4.08. The molecule has 1 spiro atoms. The second kappa shape index (κ2) is 7.67. The molecule has 6 nitrogen and oxygen atoms in total. The van der Waals surface area contributed by atoms with Crippen LogP contribution in [0.3, 0.4) is 0 Å². The molecule has 1 heterocycles. The van der Waals surface area contributed by atoms with Crippen LogP contribution in [-0.2, 0) is 24.2 Å². The molecule has 7 heteroatoms. The second-order valence-electron chi connectivity index (χ2n) is 7.50. The summed E-state index contributed by atoms with van der Waals surface area (Å²) in [5.74, 6) is -0.798. The van der Waals surface area contributed by atoms with Gasteiger partial charge in [0.1, 0.15) is 4.91 Å². The number of hydrogen-bond donors (Lipinski definition) is 0. The van der Waals surface area contributed by atoms with Crippen LogP contribution in [0.5, 0.6) is 0 Å². The first-order valence-electron chi connectivity index (χ1n) is 9.66. The standard InChI is InChI=1S/C24H21NO5S/c1-25-16-24(14-13-19(26)20(15-24)30-2)21(17-9-5-3-6-10-17)22(23(25)27)31(28,29)18-11-7-4-8-12-18/h3-15H,16H2,1-2H3. The first kappa shape index (κ1) is 20.8. The van der Waals surface area contributed by atoms with Crippen LogP contribution in [0, 0.1) is 5.41 Å². The predicted octanol–water partition coefficient (Wildman–Crippen LogP) is 3.00. The SMILES string of the molecule is COC1=CC2(C=CC1=O)CN(C)C(=O)C(S(=O)(=O)c1ccccc1)=C2c1ccccc1. The third-order valence-electron chi connectivity index (χ3n) is 5.50. The minimum absolute atomic E-state index is 0.0315. The predicted molar refractivity (Wildman–Crippen MR) is 116 cm³/mol. The number of methoxy groups -OCH3 is 1. The number of ketones is 1. The zero-order valence-corrected chi connectivity index (χ0v) is 17.9. The monoisotopic (exact) mass is 435 g/mol. The molecule has 1 amide bonds. The van der Waals surface area contributed by atoms with Gasteiger partial charge in [-0.3, -0.25) is 9.59 Å². The quantitative estimate of drug-likeness (QED) is 0.738. The molecule has 1 unspecified atom stereocenters. The third kappa shape index (κ3) is 3.41. The number of nitrogens with zero attached hydrogens (tertiary/aromatic N) is 1. The number of hydrogen-bond acceptors (Lipinski definition) is 5. The molecule has 2 aliphatic rings. The van der Waals surface area contributed by atoms with Crippen LogP contribution < -0.4 is 0 Å². The number of allylic oxidation sites excluding steroid dienone is 1. The van der Waals surface area contributed by atoms with Crippen molar-refractivity contribution < 1.29 is 22.7 Å². The van der Waals surface area contributed by atoms with Crippen molar-refractivity contribution in [3.63, 3.8) is 0 Å². The van der Waals surface area contributed by atoms with Crippen LogP contribution in [0.1, 0.15) is 5.56 Å². The molecular formula is C24H21NO5S. The Balaban J connectivity index is 2.12. The van der Waals surface area contributed by atoms with Gasteiger partial charge in [-0.25, -0.2) is 8.42 Å². The number of rotatable bonds is 4. The van der Waals surface area contributed by atoms with Crippen molar-refractivity contribution in [3.8, 4) is 0 Å². The van der Waals surface area contributed by atoms with E-state index in [2.05, 4.69) is 0 Å². The minimum Gasteiger partial charge on any atom is -0.493 e. The van der Waals surface area contributed by atoms with Crippen molar-refractivity contribution in [2.45, 2.75) is 4.90 Å². The first-order valence-corrected chi connectivity index (χ1v) is 11.1. The van der Waals surface area contributed by atoms with E-state index >= 15 is 0 Å². The van der Waals surface area contributed by atoms with Crippen molar-refractivity contribution in [3.05, 3.63) is 95.1 Å². The smallest absolute Gasteiger partial charge is 0.265 e. The van der Waals surface area contributed by atoms with Crippen LogP contribution in [0.25, 0.3) is 5.57 Å². The molecule has 2 aromatic carbocycles. The van der Waals surface area contributed by atoms with E-state index in [0.717, 1.165) is 0 Å². The topological polar surface area (TPSA) is 80.8 Å². The van der Waals surface area contributed by atoms with Gasteiger partial charge in [0.2, 0.25) is 15.6 Å². The van der Waals surface area contributed by atoms with E-state index in [-0.39, 0.29) is 27.9 Å². The molecule has 0 radical (unpaired) electrons. The van der Waals surface area contributed by atoms with Crippen LogP contribution in [0.15, 0.2) is 94.5 Å². The lowest BCUT2D eigenvalue weighted by molar-refractivity contribution is -0.126. The summed E-state index contributed by atoms with van der Waals surface area (Å²) < 4.78 is 32.7. The van der Waals surface area contributed by atoms with Crippen molar-refractivity contribution in [2.24, 2.45) is 5.41 Å². The molecule has 1 aliphatic carbocycles. The van der Waals surface area contributed by atoms with Crippen molar-refractivity contribution >= 4 is 27.1 Å². The molecule has 0 bridgehead atoms. The molecule has 158 valence electrons. The van der Waals surface area contributed by atoms with Gasteiger partial charge in [0.25, 0.3) is 5.91 Å². The molecule has 2 aromatic rings. The summed E-state index contributed by atoms with van der Waals surface area (Å²) in [5.41, 5.74) is -0.122. The zero-order valence-electron chi connectivity index (χ0n) is 17.1. The van der Waals surface area contributed by atoms with Gasteiger partial charge in [-0.15, -0.1) is 0 Å². The van der Waals surface area contributed by atoms with Gasteiger partial charge in [-0.1, -0.05) is 54.6 Å². The summed E-state index contributed by atoms with van der Waals surface area (Å²) in [4.78, 5) is 26.7. The third-order valence-corrected chi connectivity index (χ3v) is 7.31. The highest BCUT2D eigenvalue weighted by Crippen LogP contribution is 2.48. The Morgan fingerprint density at radius 3 is 2.19 bits per heavy atom. The number of sulfone groups is 1. The van der Waals surface area contributed by atoms with Crippen molar-refractivity contribution in [2.75, 3.05) is 20.7 Å². The Bertz CT molecular complexity index is 1240. The molecule has 0 fully saturated rings. The molecule has 0 saturated carbocycles. The van der Waals surface area contributed by atoms with Crippen molar-refractivity contribution in [1.29, 1.82) is 0 Å². The Morgan fingerprint density at radius 1 is 0.968 bits per heavy atom. The van der Waals surface area contributed by atoms with E-state index in [1.165, 1.54) is 30.2 Å². The van der Waals surface area contributed by atoms with Crippen LogP contribution in [0.2, 0.25) is 0 Å². The highest BCUT2D eigenvalue weighted by atomic mass is 32.2. The van der Waals surface area contributed by atoms with E-state index in [1.807, 2.05) is 6.07 Å². The summed E-state index contributed by atoms with van der Waals surface area (Å²) in [6.07, 6.45) is 4.64. The fourth-order valence-corrected chi connectivity index (χ4v) is 5.79. The maximum Gasteiger partial charge on any atom is 0.265 e. The fraction of sp³-hybridized carbons (Fsp3) is 0.167. The number of carbonyl (C=O) groups is 2. The number of amides is 1. The number of ether oxygens (including phenoxy) is 1. The Kier molecular flexibility index (Phi) is 5.15. The van der Waals surface area contributed by atoms with Gasteiger partial charge in [-0.2, -0.15) is 0 Å². The largest absolute Gasteiger partial charge is 0.493 e. The van der Waals surface area contributed by atoms with Gasteiger partial charge < -0.3 is 9.64 Å². The Labute approximate surface area is 181 Å². The van der Waals surface area contributed by atoms with Gasteiger partial charge in [0, 0.05) is 13.6 Å². The van der Waals surface area contributed by atoms with Crippen molar-refractivity contribution in [1.82, 2.24) is 4.90 Å². The van der Waals surface area contributed by atoms with Crippen LogP contribution in [-0.4, -0.2) is 45.7 Å². The van der Waals surface area contributed by atoms with Gasteiger partial charge >= 0.3 is 0 Å². The summed E-state index contributed by atoms with van der Waals surface area (Å²) in [7, 11) is -1.21. The molecule has 0 aromatic heterocycles. The molecule has 1 atom stereocenters. The number of carbonyl (C=O) groups excluding carboxylic acids is 2.